The molecule has 4 aliphatic carbocycles. The predicted octanol–water partition coefficient (Wildman–Crippen LogP) is 0.472. The molecule has 27 heavy (non-hydrogen) atoms. The van der Waals surface area contributed by atoms with Gasteiger partial charge in [0.1, 0.15) is 11.2 Å². The molecule has 7 nitrogen and oxygen atoms in total. The Morgan fingerprint density at radius 2 is 1.85 bits per heavy atom. The molecule has 0 aromatic rings. The number of hydrogen-bond acceptors (Lipinski definition) is 6. The number of carboxylic acid groups (broad SMARTS) is 1. The Balaban J connectivity index is 1.90. The number of carbonyl (C=O) groups excluding carboxylic acids is 1. The number of carbonyl (C=O) groups is 2. The first kappa shape index (κ1) is 19.3. The molecule has 0 radical (unpaired) electrons. The lowest BCUT2D eigenvalue weighted by Crippen LogP contribution is -2.75. The summed E-state index contributed by atoms with van der Waals surface area (Å²) in [5.74, 6) is -2.47. The van der Waals surface area contributed by atoms with E-state index in [1.807, 2.05) is 6.92 Å². The molecule has 4 aliphatic rings. The van der Waals surface area contributed by atoms with E-state index in [4.69, 9.17) is 0 Å². The molecule has 0 aromatic heterocycles. The van der Waals surface area contributed by atoms with Crippen LogP contribution in [0.25, 0.3) is 0 Å². The van der Waals surface area contributed by atoms with Crippen LogP contribution in [0, 0.1) is 28.1 Å². The first-order valence-corrected chi connectivity index (χ1v) is 9.96. The van der Waals surface area contributed by atoms with Crippen molar-refractivity contribution in [1.29, 1.82) is 0 Å². The number of fused-ring (bicyclic) bond motifs is 3. The number of carboxylic acids is 1. The molecule has 0 amide bonds. The van der Waals surface area contributed by atoms with E-state index in [9.17, 15) is 35.1 Å². The average molecular weight is 382 g/mol. The minimum Gasteiger partial charge on any atom is -0.481 e. The molecular formula is C20H30O7. The van der Waals surface area contributed by atoms with Gasteiger partial charge in [-0.25, -0.2) is 0 Å². The topological polar surface area (TPSA) is 135 Å². The third-order valence-corrected chi connectivity index (χ3v) is 9.21. The van der Waals surface area contributed by atoms with Gasteiger partial charge >= 0.3 is 5.97 Å². The van der Waals surface area contributed by atoms with Crippen LogP contribution < -0.4 is 0 Å². The average Bonchev–Trinajstić information content (AvgIpc) is 2.79. The molecule has 1 spiro atoms. The van der Waals surface area contributed by atoms with Gasteiger partial charge in [-0.2, -0.15) is 0 Å². The van der Waals surface area contributed by atoms with E-state index < -0.39 is 57.8 Å². The van der Waals surface area contributed by atoms with Gasteiger partial charge < -0.3 is 25.5 Å². The molecule has 8 atom stereocenters. The molecule has 4 rings (SSSR count). The van der Waals surface area contributed by atoms with Crippen LogP contribution in [0.15, 0.2) is 0 Å². The monoisotopic (exact) mass is 382 g/mol. The molecular weight excluding hydrogens is 352 g/mol. The fraction of sp³-hybridized carbons (Fsp3) is 0.900. The molecule has 4 fully saturated rings. The van der Waals surface area contributed by atoms with Gasteiger partial charge in [0.05, 0.1) is 23.5 Å². The summed E-state index contributed by atoms with van der Waals surface area (Å²) in [5, 5.41) is 53.6. The van der Waals surface area contributed by atoms with Crippen LogP contribution in [-0.4, -0.2) is 61.2 Å². The summed E-state index contributed by atoms with van der Waals surface area (Å²) in [5.41, 5.74) is -7.09. The van der Waals surface area contributed by atoms with Gasteiger partial charge in [0.2, 0.25) is 0 Å². The zero-order valence-electron chi connectivity index (χ0n) is 15.9. The second-order valence-electron chi connectivity index (χ2n) is 10.00. The number of aliphatic carboxylic acids is 1. The van der Waals surface area contributed by atoms with Gasteiger partial charge in [0.15, 0.2) is 5.78 Å². The predicted molar refractivity (Wildman–Crippen MR) is 93.6 cm³/mol. The first-order valence-electron chi connectivity index (χ1n) is 9.96. The molecule has 7 heteroatoms. The Morgan fingerprint density at radius 1 is 1.19 bits per heavy atom. The molecule has 0 aliphatic heterocycles. The second-order valence-corrected chi connectivity index (χ2v) is 10.00. The molecule has 0 saturated heterocycles. The molecule has 152 valence electrons. The van der Waals surface area contributed by atoms with Crippen LogP contribution in [0.3, 0.4) is 0 Å². The fourth-order valence-electron chi connectivity index (χ4n) is 7.80. The fourth-order valence-corrected chi connectivity index (χ4v) is 7.80. The van der Waals surface area contributed by atoms with E-state index in [-0.39, 0.29) is 25.2 Å². The number of Topliss-reactive ketones (excluding diaryl/α,β-unsaturated/α-hetero) is 1. The molecule has 2 bridgehead atoms. The Morgan fingerprint density at radius 3 is 2.44 bits per heavy atom. The summed E-state index contributed by atoms with van der Waals surface area (Å²) in [6.07, 6.45) is 1.27. The Hall–Kier alpha value is -1.02. The Kier molecular flexibility index (Phi) is 3.80. The van der Waals surface area contributed by atoms with E-state index >= 15 is 0 Å². The number of hydrogen-bond donors (Lipinski definition) is 5. The molecule has 0 heterocycles. The molecule has 8 unspecified atom stereocenters. The lowest BCUT2D eigenvalue weighted by molar-refractivity contribution is -0.290. The molecule has 4 saturated carbocycles. The van der Waals surface area contributed by atoms with Gasteiger partial charge in [0.25, 0.3) is 0 Å². The zero-order chi connectivity index (χ0) is 20.0. The van der Waals surface area contributed by atoms with Crippen LogP contribution in [0.2, 0.25) is 0 Å². The summed E-state index contributed by atoms with van der Waals surface area (Å²) in [6, 6.07) is 0. The summed E-state index contributed by atoms with van der Waals surface area (Å²) < 4.78 is 0. The third-order valence-electron chi connectivity index (χ3n) is 9.21. The summed E-state index contributed by atoms with van der Waals surface area (Å²) in [4.78, 5) is 25.5. The van der Waals surface area contributed by atoms with Crippen molar-refractivity contribution in [2.75, 3.05) is 6.61 Å². The molecule has 5 N–H and O–H groups in total. The van der Waals surface area contributed by atoms with E-state index in [0.717, 1.165) is 0 Å². The van der Waals surface area contributed by atoms with Crippen molar-refractivity contribution in [2.24, 2.45) is 28.1 Å². The van der Waals surface area contributed by atoms with Crippen LogP contribution in [0.1, 0.15) is 58.8 Å². The maximum Gasteiger partial charge on any atom is 0.309 e. The number of ketones is 1. The van der Waals surface area contributed by atoms with Gasteiger partial charge in [-0.3, -0.25) is 9.59 Å². The number of aliphatic hydroxyl groups excluding tert-OH is 2. The highest BCUT2D eigenvalue weighted by Crippen LogP contribution is 2.73. The van der Waals surface area contributed by atoms with Crippen molar-refractivity contribution in [3.63, 3.8) is 0 Å². The highest BCUT2D eigenvalue weighted by molar-refractivity contribution is 5.97. The lowest BCUT2D eigenvalue weighted by atomic mass is 9.38. The van der Waals surface area contributed by atoms with Crippen molar-refractivity contribution < 1.29 is 35.1 Å². The van der Waals surface area contributed by atoms with Crippen LogP contribution >= 0.6 is 0 Å². The quantitative estimate of drug-likeness (QED) is 0.468. The second kappa shape index (κ2) is 5.32. The van der Waals surface area contributed by atoms with Crippen molar-refractivity contribution in [2.45, 2.75) is 76.1 Å². The van der Waals surface area contributed by atoms with Crippen molar-refractivity contribution in [3.05, 3.63) is 0 Å². The maximum absolute atomic E-state index is 13.4. The Bertz CT molecular complexity index is 708. The first-order chi connectivity index (χ1) is 12.4. The van der Waals surface area contributed by atoms with Crippen molar-refractivity contribution in [3.8, 4) is 0 Å². The zero-order valence-corrected chi connectivity index (χ0v) is 15.9. The van der Waals surface area contributed by atoms with E-state index in [1.165, 1.54) is 0 Å². The van der Waals surface area contributed by atoms with Gasteiger partial charge in [-0.15, -0.1) is 0 Å². The normalized spacial score (nSPS) is 57.1. The number of aliphatic hydroxyl groups is 4. The smallest absolute Gasteiger partial charge is 0.309 e. The summed E-state index contributed by atoms with van der Waals surface area (Å²) in [7, 11) is 0. The highest BCUT2D eigenvalue weighted by atomic mass is 16.4. The molecule has 0 aromatic carbocycles. The van der Waals surface area contributed by atoms with Crippen LogP contribution in [0.5, 0.6) is 0 Å². The lowest BCUT2D eigenvalue weighted by Gasteiger charge is -2.67. The Labute approximate surface area is 158 Å². The third kappa shape index (κ3) is 1.83. The van der Waals surface area contributed by atoms with Gasteiger partial charge in [0, 0.05) is 11.3 Å². The van der Waals surface area contributed by atoms with E-state index in [2.05, 4.69) is 0 Å². The minimum absolute atomic E-state index is 0.0210. The van der Waals surface area contributed by atoms with E-state index in [1.54, 1.807) is 6.92 Å². The standard InChI is InChI=1S/C20H30O7/c1-16(15(24)25)5-3-6-17(2)12(16)4-7-18-9-11(8-13(22)20(17,18)27)19(26,10-21)14(18)23/h11-13,21-22,26-27H,3-10H2,1-2H3,(H,24,25). The van der Waals surface area contributed by atoms with Gasteiger partial charge in [-0.05, 0) is 51.4 Å². The summed E-state index contributed by atoms with van der Waals surface area (Å²) in [6.45, 7) is 2.79. The minimum atomic E-state index is -1.95. The highest BCUT2D eigenvalue weighted by Gasteiger charge is 2.81. The van der Waals surface area contributed by atoms with E-state index in [0.29, 0.717) is 25.7 Å². The SMILES string of the molecule is CC1(C(=O)O)CCCC2(C)C1CCC13CC(CC(O)C12O)C(O)(CO)C3=O. The summed E-state index contributed by atoms with van der Waals surface area (Å²) >= 11 is 0. The van der Waals surface area contributed by atoms with Crippen LogP contribution in [0.4, 0.5) is 0 Å². The van der Waals surface area contributed by atoms with Crippen molar-refractivity contribution >= 4 is 11.8 Å². The van der Waals surface area contributed by atoms with Crippen molar-refractivity contribution in [1.82, 2.24) is 0 Å². The maximum atomic E-state index is 13.4. The number of rotatable bonds is 2. The van der Waals surface area contributed by atoms with Gasteiger partial charge in [-0.1, -0.05) is 13.3 Å². The van der Waals surface area contributed by atoms with Crippen LogP contribution in [-0.2, 0) is 9.59 Å². The largest absolute Gasteiger partial charge is 0.481 e.